The lowest BCUT2D eigenvalue weighted by molar-refractivity contribution is -0.143. The van der Waals surface area contributed by atoms with Crippen LogP contribution in [0.5, 0.6) is 5.75 Å². The van der Waals surface area contributed by atoms with Crippen LogP contribution in [-0.4, -0.2) is 35.9 Å². The number of carbonyl (C=O) groups excluding carboxylic acids is 2. The quantitative estimate of drug-likeness (QED) is 0.414. The SMILES string of the molecule is CC[C@H](C(=O)NCC(C)C)N(Cc1ccc(Cl)cc1Cl)C(=O)COc1ccc(C(C)(C)C)cc1. The predicted octanol–water partition coefficient (Wildman–Crippen LogP) is 6.25. The third kappa shape index (κ3) is 8.21. The highest BCUT2D eigenvalue weighted by Gasteiger charge is 2.29. The van der Waals surface area contributed by atoms with Crippen LogP contribution in [0.15, 0.2) is 42.5 Å². The van der Waals surface area contributed by atoms with Gasteiger partial charge in [-0.1, -0.05) is 82.9 Å². The molecular weight excluding hydrogens is 471 g/mol. The third-order valence-corrected chi connectivity index (χ3v) is 6.10. The van der Waals surface area contributed by atoms with E-state index in [4.69, 9.17) is 27.9 Å². The number of halogens is 2. The molecule has 0 aliphatic carbocycles. The molecule has 7 heteroatoms. The maximum atomic E-state index is 13.3. The van der Waals surface area contributed by atoms with Crippen LogP contribution in [-0.2, 0) is 21.5 Å². The molecule has 0 aliphatic heterocycles. The molecule has 0 aromatic heterocycles. The van der Waals surface area contributed by atoms with Gasteiger partial charge in [-0.25, -0.2) is 0 Å². The van der Waals surface area contributed by atoms with Crippen molar-refractivity contribution in [1.29, 1.82) is 0 Å². The van der Waals surface area contributed by atoms with Crippen LogP contribution in [0.2, 0.25) is 10.0 Å². The Labute approximate surface area is 213 Å². The van der Waals surface area contributed by atoms with E-state index in [-0.39, 0.29) is 30.4 Å². The monoisotopic (exact) mass is 506 g/mol. The molecule has 2 aromatic rings. The first-order valence-corrected chi connectivity index (χ1v) is 12.4. The first-order chi connectivity index (χ1) is 15.9. The van der Waals surface area contributed by atoms with Crippen LogP contribution in [0.3, 0.4) is 0 Å². The van der Waals surface area contributed by atoms with E-state index >= 15 is 0 Å². The molecule has 1 atom stereocenters. The fraction of sp³-hybridized carbons (Fsp3) is 0.481. The number of ether oxygens (including phenoxy) is 1. The van der Waals surface area contributed by atoms with E-state index < -0.39 is 6.04 Å². The molecule has 0 bridgehead atoms. The molecule has 0 radical (unpaired) electrons. The van der Waals surface area contributed by atoms with Gasteiger partial charge in [-0.2, -0.15) is 0 Å². The van der Waals surface area contributed by atoms with E-state index in [1.807, 2.05) is 45.0 Å². The molecule has 186 valence electrons. The van der Waals surface area contributed by atoms with Crippen molar-refractivity contribution in [3.8, 4) is 5.75 Å². The van der Waals surface area contributed by atoms with Crippen molar-refractivity contribution in [2.45, 2.75) is 66.0 Å². The maximum absolute atomic E-state index is 13.3. The van der Waals surface area contributed by atoms with Gasteiger partial charge < -0.3 is 15.0 Å². The smallest absolute Gasteiger partial charge is 0.261 e. The zero-order valence-corrected chi connectivity index (χ0v) is 22.5. The van der Waals surface area contributed by atoms with E-state index in [0.29, 0.717) is 40.2 Å². The standard InChI is InChI=1S/C27H36Cl2N2O3/c1-7-24(26(33)30-15-18(2)3)31(16-19-8-11-21(28)14-23(19)29)25(32)17-34-22-12-9-20(10-13-22)27(4,5)6/h8-14,18,24H,7,15-17H2,1-6H3,(H,30,33)/t24-/m1/s1. The number of nitrogens with zero attached hydrogens (tertiary/aromatic N) is 1. The number of hydrogen-bond donors (Lipinski definition) is 1. The number of amides is 2. The van der Waals surface area contributed by atoms with Gasteiger partial charge >= 0.3 is 0 Å². The first kappa shape index (κ1) is 28.0. The van der Waals surface area contributed by atoms with E-state index in [1.165, 1.54) is 10.5 Å². The molecular formula is C27H36Cl2N2O3. The minimum Gasteiger partial charge on any atom is -0.484 e. The number of hydrogen-bond acceptors (Lipinski definition) is 3. The summed E-state index contributed by atoms with van der Waals surface area (Å²) >= 11 is 12.4. The Morgan fingerprint density at radius 1 is 1.06 bits per heavy atom. The fourth-order valence-corrected chi connectivity index (χ4v) is 3.92. The first-order valence-electron chi connectivity index (χ1n) is 11.7. The van der Waals surface area contributed by atoms with Gasteiger partial charge in [0.1, 0.15) is 11.8 Å². The molecule has 34 heavy (non-hydrogen) atoms. The molecule has 1 N–H and O–H groups in total. The minimum absolute atomic E-state index is 0.0285. The lowest BCUT2D eigenvalue weighted by atomic mass is 9.87. The molecule has 0 fully saturated rings. The number of carbonyl (C=O) groups is 2. The summed E-state index contributed by atoms with van der Waals surface area (Å²) in [7, 11) is 0. The molecule has 0 unspecified atom stereocenters. The summed E-state index contributed by atoms with van der Waals surface area (Å²) in [4.78, 5) is 27.8. The summed E-state index contributed by atoms with van der Waals surface area (Å²) in [5.74, 6) is 0.417. The molecule has 0 heterocycles. The van der Waals surface area contributed by atoms with Gasteiger partial charge in [0.25, 0.3) is 5.91 Å². The Morgan fingerprint density at radius 2 is 1.71 bits per heavy atom. The van der Waals surface area contributed by atoms with Crippen LogP contribution in [0.4, 0.5) is 0 Å². The Bertz CT molecular complexity index is 969. The van der Waals surface area contributed by atoms with E-state index in [1.54, 1.807) is 18.2 Å². The number of benzene rings is 2. The highest BCUT2D eigenvalue weighted by molar-refractivity contribution is 6.35. The molecule has 2 rings (SSSR count). The zero-order valence-electron chi connectivity index (χ0n) is 21.0. The molecule has 0 spiro atoms. The van der Waals surface area contributed by atoms with Crippen molar-refractivity contribution in [1.82, 2.24) is 10.2 Å². The van der Waals surface area contributed by atoms with Gasteiger partial charge in [-0.05, 0) is 53.1 Å². The van der Waals surface area contributed by atoms with Gasteiger partial charge in [-0.15, -0.1) is 0 Å². The average Bonchev–Trinajstić information content (AvgIpc) is 2.77. The van der Waals surface area contributed by atoms with Gasteiger partial charge in [0.05, 0.1) is 0 Å². The molecule has 2 amide bonds. The second-order valence-electron chi connectivity index (χ2n) is 9.88. The fourth-order valence-electron chi connectivity index (χ4n) is 3.45. The zero-order chi connectivity index (χ0) is 25.5. The van der Waals surface area contributed by atoms with Crippen molar-refractivity contribution in [2.75, 3.05) is 13.2 Å². The Morgan fingerprint density at radius 3 is 2.24 bits per heavy atom. The van der Waals surface area contributed by atoms with Crippen LogP contribution in [0.1, 0.15) is 59.1 Å². The maximum Gasteiger partial charge on any atom is 0.261 e. The molecule has 0 saturated heterocycles. The predicted molar refractivity (Wildman–Crippen MR) is 140 cm³/mol. The van der Waals surface area contributed by atoms with Crippen LogP contribution < -0.4 is 10.1 Å². The van der Waals surface area contributed by atoms with Gasteiger partial charge in [0.15, 0.2) is 6.61 Å². The van der Waals surface area contributed by atoms with Crippen molar-refractivity contribution in [3.05, 3.63) is 63.6 Å². The van der Waals surface area contributed by atoms with Crippen molar-refractivity contribution >= 4 is 35.0 Å². The molecule has 2 aromatic carbocycles. The van der Waals surface area contributed by atoms with E-state index in [2.05, 4.69) is 26.1 Å². The largest absolute Gasteiger partial charge is 0.484 e. The lowest BCUT2D eigenvalue weighted by Gasteiger charge is -2.31. The summed E-state index contributed by atoms with van der Waals surface area (Å²) in [5.41, 5.74) is 1.92. The summed E-state index contributed by atoms with van der Waals surface area (Å²) in [6.07, 6.45) is 0.459. The Balaban J connectivity index is 2.22. The highest BCUT2D eigenvalue weighted by Crippen LogP contribution is 2.25. The second kappa shape index (κ2) is 12.5. The van der Waals surface area contributed by atoms with E-state index in [9.17, 15) is 9.59 Å². The molecule has 0 aliphatic rings. The van der Waals surface area contributed by atoms with Crippen LogP contribution >= 0.6 is 23.2 Å². The average molecular weight is 508 g/mol. The summed E-state index contributed by atoms with van der Waals surface area (Å²) in [6, 6.07) is 12.2. The summed E-state index contributed by atoms with van der Waals surface area (Å²) in [6.45, 7) is 12.9. The minimum atomic E-state index is -0.648. The Hall–Kier alpha value is -2.24. The van der Waals surface area contributed by atoms with Crippen molar-refractivity contribution < 1.29 is 14.3 Å². The van der Waals surface area contributed by atoms with E-state index in [0.717, 1.165) is 0 Å². The Kier molecular flexibility index (Phi) is 10.3. The lowest BCUT2D eigenvalue weighted by Crippen LogP contribution is -2.50. The van der Waals surface area contributed by atoms with Gasteiger partial charge in [0, 0.05) is 23.1 Å². The van der Waals surface area contributed by atoms with Crippen LogP contribution in [0, 0.1) is 5.92 Å². The topological polar surface area (TPSA) is 58.6 Å². The number of rotatable bonds is 10. The van der Waals surface area contributed by atoms with Crippen molar-refractivity contribution in [3.63, 3.8) is 0 Å². The van der Waals surface area contributed by atoms with Gasteiger partial charge in [-0.3, -0.25) is 9.59 Å². The molecule has 0 saturated carbocycles. The van der Waals surface area contributed by atoms with Crippen molar-refractivity contribution in [2.24, 2.45) is 5.92 Å². The highest BCUT2D eigenvalue weighted by atomic mass is 35.5. The van der Waals surface area contributed by atoms with Gasteiger partial charge in [0.2, 0.25) is 5.91 Å². The second-order valence-corrected chi connectivity index (χ2v) is 10.7. The van der Waals surface area contributed by atoms with Crippen LogP contribution in [0.25, 0.3) is 0 Å². The third-order valence-electron chi connectivity index (χ3n) is 5.51. The number of nitrogens with one attached hydrogen (secondary N) is 1. The summed E-state index contributed by atoms with van der Waals surface area (Å²) in [5, 5.41) is 3.90. The molecule has 5 nitrogen and oxygen atoms in total. The summed E-state index contributed by atoms with van der Waals surface area (Å²) < 4.78 is 5.80. The normalized spacial score (nSPS) is 12.4.